The molecule has 0 aromatic heterocycles. The lowest BCUT2D eigenvalue weighted by atomic mass is 10.1. The number of hydrogen-bond donors (Lipinski definition) is 2. The molecule has 0 radical (unpaired) electrons. The summed E-state index contributed by atoms with van der Waals surface area (Å²) in [6.07, 6.45) is 0. The van der Waals surface area contributed by atoms with Gasteiger partial charge in [0.15, 0.2) is 0 Å². The number of amides is 3. The zero-order valence-electron chi connectivity index (χ0n) is 14.2. The van der Waals surface area contributed by atoms with Crippen LogP contribution >= 0.6 is 0 Å². The van der Waals surface area contributed by atoms with Crippen molar-refractivity contribution in [1.82, 2.24) is 14.7 Å². The monoisotopic (exact) mass is 366 g/mol. The van der Waals surface area contributed by atoms with Gasteiger partial charge in [-0.3, -0.25) is 14.9 Å². The number of nitro benzene ring substituents is 1. The minimum absolute atomic E-state index is 0.0858. The molecule has 1 unspecified atom stereocenters. The Morgan fingerprint density at radius 2 is 1.92 bits per heavy atom. The summed E-state index contributed by atoms with van der Waals surface area (Å²) in [4.78, 5) is 49.9. The van der Waals surface area contributed by atoms with Gasteiger partial charge in [-0.1, -0.05) is 6.07 Å². The molecular formula is C15H18N4O7. The molecule has 11 nitrogen and oxygen atoms in total. The highest BCUT2D eigenvalue weighted by Gasteiger charge is 2.39. The van der Waals surface area contributed by atoms with Crippen LogP contribution in [0.2, 0.25) is 0 Å². The Kier molecular flexibility index (Phi) is 5.29. The Labute approximate surface area is 148 Å². The summed E-state index contributed by atoms with van der Waals surface area (Å²) < 4.78 is 0. The maximum atomic E-state index is 12.7. The Morgan fingerprint density at radius 3 is 2.46 bits per heavy atom. The lowest BCUT2D eigenvalue weighted by Gasteiger charge is -2.40. The van der Waals surface area contributed by atoms with E-state index in [0.717, 1.165) is 11.0 Å². The van der Waals surface area contributed by atoms with Crippen LogP contribution in [0.1, 0.15) is 10.4 Å². The van der Waals surface area contributed by atoms with E-state index in [4.69, 9.17) is 0 Å². The predicted molar refractivity (Wildman–Crippen MR) is 87.9 cm³/mol. The first kappa shape index (κ1) is 19.0. The van der Waals surface area contributed by atoms with Gasteiger partial charge in [0.05, 0.1) is 17.0 Å². The summed E-state index contributed by atoms with van der Waals surface area (Å²) in [5, 5.41) is 30.3. The number of carboxylic acids is 1. The van der Waals surface area contributed by atoms with Crippen LogP contribution in [0.4, 0.5) is 10.5 Å². The number of aliphatic carboxylic acids is 1. The molecule has 1 fully saturated rings. The van der Waals surface area contributed by atoms with Gasteiger partial charge in [-0.25, -0.2) is 9.59 Å². The summed E-state index contributed by atoms with van der Waals surface area (Å²) in [6, 6.07) is 1.72. The average molecular weight is 366 g/mol. The molecule has 0 bridgehead atoms. The van der Waals surface area contributed by atoms with Crippen molar-refractivity contribution >= 4 is 23.6 Å². The number of phenolic OH excluding ortho intramolecular Hbond substituents is 1. The fourth-order valence-electron chi connectivity index (χ4n) is 2.70. The van der Waals surface area contributed by atoms with Gasteiger partial charge in [-0.15, -0.1) is 0 Å². The van der Waals surface area contributed by atoms with Crippen molar-refractivity contribution in [1.29, 1.82) is 0 Å². The minimum Gasteiger partial charge on any atom is -0.502 e. The number of nitrogens with zero attached hydrogens (tertiary/aromatic N) is 4. The second-order valence-corrected chi connectivity index (χ2v) is 5.91. The topological polar surface area (TPSA) is 145 Å². The molecule has 1 aliphatic rings. The maximum absolute atomic E-state index is 12.7. The van der Waals surface area contributed by atoms with Crippen LogP contribution < -0.4 is 0 Å². The Balaban J connectivity index is 2.32. The zero-order valence-corrected chi connectivity index (χ0v) is 14.2. The molecule has 2 N–H and O–H groups in total. The van der Waals surface area contributed by atoms with E-state index in [-0.39, 0.29) is 31.2 Å². The highest BCUT2D eigenvalue weighted by Crippen LogP contribution is 2.31. The van der Waals surface area contributed by atoms with E-state index in [1.807, 2.05) is 0 Å². The number of phenols is 1. The van der Waals surface area contributed by atoms with Gasteiger partial charge in [0, 0.05) is 33.3 Å². The molecule has 11 heteroatoms. The lowest BCUT2D eigenvalue weighted by molar-refractivity contribution is -0.385. The van der Waals surface area contributed by atoms with Gasteiger partial charge in [0.1, 0.15) is 6.04 Å². The number of carbonyl (C=O) groups excluding carboxylic acids is 2. The largest absolute Gasteiger partial charge is 0.502 e. The Hall–Kier alpha value is -3.37. The fraction of sp³-hybridized carbons (Fsp3) is 0.400. The highest BCUT2D eigenvalue weighted by molar-refractivity contribution is 6.00. The van der Waals surface area contributed by atoms with E-state index < -0.39 is 34.3 Å². The summed E-state index contributed by atoms with van der Waals surface area (Å²) in [5.74, 6) is -2.99. The molecule has 140 valence electrons. The molecule has 0 spiro atoms. The van der Waals surface area contributed by atoms with Gasteiger partial charge in [-0.2, -0.15) is 0 Å². The minimum atomic E-state index is -1.33. The molecule has 1 atom stereocenters. The number of piperazine rings is 1. The molecule has 1 saturated heterocycles. The average Bonchev–Trinajstić information content (AvgIpc) is 2.59. The summed E-state index contributed by atoms with van der Waals surface area (Å²) >= 11 is 0. The fourth-order valence-corrected chi connectivity index (χ4v) is 2.70. The number of hydrogen-bond acceptors (Lipinski definition) is 6. The second kappa shape index (κ2) is 7.25. The smallest absolute Gasteiger partial charge is 0.328 e. The number of carbonyl (C=O) groups is 3. The molecule has 0 aliphatic carbocycles. The summed E-state index contributed by atoms with van der Waals surface area (Å²) in [6.45, 7) is -0.215. The third kappa shape index (κ3) is 3.50. The van der Waals surface area contributed by atoms with Crippen molar-refractivity contribution in [2.24, 2.45) is 0 Å². The standard InChI is InChI=1S/C15H18N4O7/c1-16(2)15(24)17-6-7-18(11(8-17)14(22)23)13(21)9-4-3-5-10(12(9)20)19(25)26/h3-5,11,20H,6-8H2,1-2H3,(H,22,23). The first-order chi connectivity index (χ1) is 12.1. The molecule has 3 amide bonds. The molecule has 1 aromatic rings. The van der Waals surface area contributed by atoms with Crippen LogP contribution in [0.25, 0.3) is 0 Å². The first-order valence-corrected chi connectivity index (χ1v) is 7.61. The summed E-state index contributed by atoms with van der Waals surface area (Å²) in [5.41, 5.74) is -1.01. The van der Waals surface area contributed by atoms with Crippen LogP contribution in [0.15, 0.2) is 18.2 Å². The van der Waals surface area contributed by atoms with E-state index in [1.165, 1.54) is 36.0 Å². The van der Waals surface area contributed by atoms with Crippen molar-refractivity contribution in [3.05, 3.63) is 33.9 Å². The van der Waals surface area contributed by atoms with Crippen LogP contribution in [0.5, 0.6) is 5.75 Å². The van der Waals surface area contributed by atoms with E-state index in [2.05, 4.69) is 0 Å². The van der Waals surface area contributed by atoms with Crippen LogP contribution in [0.3, 0.4) is 0 Å². The second-order valence-electron chi connectivity index (χ2n) is 5.91. The molecule has 0 saturated carbocycles. The zero-order chi connectivity index (χ0) is 19.6. The van der Waals surface area contributed by atoms with Crippen LogP contribution in [0, 0.1) is 10.1 Å². The van der Waals surface area contributed by atoms with Gasteiger partial charge in [-0.05, 0) is 6.07 Å². The maximum Gasteiger partial charge on any atom is 0.328 e. The molecule has 1 heterocycles. The normalized spacial score (nSPS) is 16.9. The van der Waals surface area contributed by atoms with Crippen molar-refractivity contribution < 1.29 is 29.5 Å². The van der Waals surface area contributed by atoms with Gasteiger partial charge >= 0.3 is 17.7 Å². The number of aromatic hydroxyl groups is 1. The third-order valence-corrected chi connectivity index (χ3v) is 4.02. The molecule has 26 heavy (non-hydrogen) atoms. The van der Waals surface area contributed by atoms with E-state index in [9.17, 15) is 34.7 Å². The number of urea groups is 1. The quantitative estimate of drug-likeness (QED) is 0.574. The predicted octanol–water partition coefficient (Wildman–Crippen LogP) is 0.193. The Bertz CT molecular complexity index is 764. The molecule has 1 aromatic carbocycles. The van der Waals surface area contributed by atoms with Gasteiger partial charge in [0.25, 0.3) is 5.91 Å². The first-order valence-electron chi connectivity index (χ1n) is 7.61. The van der Waals surface area contributed by atoms with Crippen LogP contribution in [-0.2, 0) is 4.79 Å². The Morgan fingerprint density at radius 1 is 1.27 bits per heavy atom. The van der Waals surface area contributed by atoms with E-state index in [0.29, 0.717) is 0 Å². The van der Waals surface area contributed by atoms with Crippen molar-refractivity contribution in [2.45, 2.75) is 6.04 Å². The van der Waals surface area contributed by atoms with Crippen molar-refractivity contribution in [3.63, 3.8) is 0 Å². The van der Waals surface area contributed by atoms with E-state index >= 15 is 0 Å². The highest BCUT2D eigenvalue weighted by atomic mass is 16.6. The lowest BCUT2D eigenvalue weighted by Crippen LogP contribution is -2.60. The molecule has 2 rings (SSSR count). The van der Waals surface area contributed by atoms with Gasteiger partial charge < -0.3 is 24.9 Å². The molecule has 1 aliphatic heterocycles. The number of carboxylic acid groups (broad SMARTS) is 1. The van der Waals surface area contributed by atoms with E-state index in [1.54, 1.807) is 0 Å². The SMILES string of the molecule is CN(C)C(=O)N1CCN(C(=O)c2cccc([N+](=O)[O-])c2O)C(C(=O)O)C1. The van der Waals surface area contributed by atoms with Crippen molar-refractivity contribution in [2.75, 3.05) is 33.7 Å². The molecular weight excluding hydrogens is 348 g/mol. The van der Waals surface area contributed by atoms with Crippen molar-refractivity contribution in [3.8, 4) is 5.75 Å². The van der Waals surface area contributed by atoms with Crippen LogP contribution in [-0.4, -0.2) is 87.5 Å². The third-order valence-electron chi connectivity index (χ3n) is 4.02. The van der Waals surface area contributed by atoms with Gasteiger partial charge in [0.2, 0.25) is 5.75 Å². The number of para-hydroxylation sites is 1. The number of rotatable bonds is 3. The summed E-state index contributed by atoms with van der Waals surface area (Å²) in [7, 11) is 3.05. The number of benzene rings is 1. The number of nitro groups is 1.